The molecule has 3 rings (SSSR count). The number of unbranched alkanes of at least 4 members (excludes halogenated alkanes) is 1. The fraction of sp³-hybridized carbons (Fsp3) is 0.474. The third kappa shape index (κ3) is 4.66. The van der Waals surface area contributed by atoms with Gasteiger partial charge in [-0.3, -0.25) is 9.48 Å². The van der Waals surface area contributed by atoms with Crippen molar-refractivity contribution in [3.8, 4) is 0 Å². The average molecular weight is 389 g/mol. The monoisotopic (exact) mass is 388 g/mol. The van der Waals surface area contributed by atoms with Gasteiger partial charge < -0.3 is 9.80 Å². The van der Waals surface area contributed by atoms with Gasteiger partial charge in [-0.05, 0) is 25.5 Å². The van der Waals surface area contributed by atoms with Crippen LogP contribution in [-0.2, 0) is 11.3 Å². The van der Waals surface area contributed by atoms with Crippen molar-refractivity contribution in [2.45, 2.75) is 33.2 Å². The maximum absolute atomic E-state index is 12.5. The minimum absolute atomic E-state index is 0.0135. The summed E-state index contributed by atoms with van der Waals surface area (Å²) in [4.78, 5) is 25.0. The highest BCUT2D eigenvalue weighted by atomic mass is 35.5. The number of amides is 1. The van der Waals surface area contributed by atoms with Crippen LogP contribution in [-0.4, -0.2) is 56.7 Å². The smallest absolute Gasteiger partial charge is 0.246 e. The molecule has 0 atom stereocenters. The number of carbonyl (C=O) groups is 1. The minimum atomic E-state index is -0.0135. The van der Waals surface area contributed by atoms with Crippen LogP contribution in [0, 0.1) is 6.92 Å². The van der Waals surface area contributed by atoms with Crippen LogP contribution in [0.2, 0.25) is 5.15 Å². The number of carbonyl (C=O) groups excluding carboxylic acids is 1. The molecule has 0 unspecified atom stereocenters. The van der Waals surface area contributed by atoms with Gasteiger partial charge in [0.25, 0.3) is 0 Å². The molecule has 0 radical (unpaired) electrons. The lowest BCUT2D eigenvalue weighted by molar-refractivity contribution is -0.126. The van der Waals surface area contributed by atoms with Crippen LogP contribution in [0.25, 0.3) is 6.08 Å². The summed E-state index contributed by atoms with van der Waals surface area (Å²) in [7, 11) is 0. The number of piperazine rings is 1. The Morgan fingerprint density at radius 3 is 2.59 bits per heavy atom. The van der Waals surface area contributed by atoms with E-state index in [9.17, 15) is 4.79 Å². The predicted molar refractivity (Wildman–Crippen MR) is 107 cm³/mol. The first kappa shape index (κ1) is 19.4. The van der Waals surface area contributed by atoms with Crippen molar-refractivity contribution in [3.63, 3.8) is 0 Å². The van der Waals surface area contributed by atoms with E-state index in [-0.39, 0.29) is 5.91 Å². The van der Waals surface area contributed by atoms with Gasteiger partial charge in [0.2, 0.25) is 11.9 Å². The lowest BCUT2D eigenvalue weighted by atomic mass is 10.2. The van der Waals surface area contributed by atoms with E-state index in [4.69, 9.17) is 11.6 Å². The van der Waals surface area contributed by atoms with Gasteiger partial charge in [-0.15, -0.1) is 0 Å². The molecule has 1 saturated heterocycles. The molecule has 3 heterocycles. The third-order valence-corrected chi connectivity index (χ3v) is 5.05. The Morgan fingerprint density at radius 1 is 1.22 bits per heavy atom. The van der Waals surface area contributed by atoms with E-state index in [0.717, 1.165) is 43.7 Å². The molecule has 1 aliphatic heterocycles. The lowest BCUT2D eigenvalue weighted by Gasteiger charge is -2.34. The molecule has 144 valence electrons. The van der Waals surface area contributed by atoms with E-state index in [0.29, 0.717) is 24.2 Å². The number of hydrogen-bond donors (Lipinski definition) is 0. The molecule has 0 bridgehead atoms. The largest absolute Gasteiger partial charge is 0.337 e. The Bertz CT molecular complexity index is 796. The van der Waals surface area contributed by atoms with E-state index in [2.05, 4.69) is 26.9 Å². The van der Waals surface area contributed by atoms with Crippen molar-refractivity contribution >= 4 is 29.5 Å². The molecule has 2 aromatic heterocycles. The average Bonchev–Trinajstić information content (AvgIpc) is 2.98. The highest BCUT2D eigenvalue weighted by Crippen LogP contribution is 2.22. The number of aromatic nitrogens is 4. The van der Waals surface area contributed by atoms with Crippen molar-refractivity contribution in [2.75, 3.05) is 31.1 Å². The zero-order valence-electron chi connectivity index (χ0n) is 15.8. The number of halogens is 1. The SMILES string of the molecule is CCCCn1nc(C)c(/C=C\C(=O)N2CCN(c3ncccn3)CC2)c1Cl. The number of rotatable bonds is 6. The summed E-state index contributed by atoms with van der Waals surface area (Å²) in [5.74, 6) is 0.697. The van der Waals surface area contributed by atoms with Crippen molar-refractivity contribution < 1.29 is 4.79 Å². The van der Waals surface area contributed by atoms with E-state index >= 15 is 0 Å². The van der Waals surface area contributed by atoms with Gasteiger partial charge in [-0.2, -0.15) is 5.10 Å². The molecule has 0 saturated carbocycles. The third-order valence-electron chi connectivity index (χ3n) is 4.65. The van der Waals surface area contributed by atoms with E-state index < -0.39 is 0 Å². The minimum Gasteiger partial charge on any atom is -0.337 e. The number of hydrogen-bond acceptors (Lipinski definition) is 5. The summed E-state index contributed by atoms with van der Waals surface area (Å²) in [6.45, 7) is 7.57. The molecule has 0 spiro atoms. The Hall–Kier alpha value is -2.41. The van der Waals surface area contributed by atoms with Crippen molar-refractivity contribution in [3.05, 3.63) is 40.9 Å². The number of nitrogens with zero attached hydrogens (tertiary/aromatic N) is 6. The summed E-state index contributed by atoms with van der Waals surface area (Å²) in [5, 5.41) is 5.06. The van der Waals surface area contributed by atoms with Crippen molar-refractivity contribution in [1.82, 2.24) is 24.6 Å². The van der Waals surface area contributed by atoms with E-state index in [1.807, 2.05) is 16.5 Å². The van der Waals surface area contributed by atoms with Gasteiger partial charge in [0.05, 0.1) is 5.69 Å². The normalized spacial score (nSPS) is 14.9. The molecule has 1 amide bonds. The van der Waals surface area contributed by atoms with E-state index in [1.165, 1.54) is 0 Å². The summed E-state index contributed by atoms with van der Waals surface area (Å²) in [6.07, 6.45) is 8.94. The maximum atomic E-state index is 12.5. The van der Waals surface area contributed by atoms with Gasteiger partial charge in [-0.1, -0.05) is 24.9 Å². The molecule has 2 aromatic rings. The lowest BCUT2D eigenvalue weighted by Crippen LogP contribution is -2.48. The molecule has 1 fully saturated rings. The van der Waals surface area contributed by atoms with Crippen LogP contribution in [0.15, 0.2) is 24.5 Å². The second-order valence-electron chi connectivity index (χ2n) is 6.56. The molecule has 0 N–H and O–H groups in total. The Morgan fingerprint density at radius 2 is 1.93 bits per heavy atom. The number of anilines is 1. The standard InChI is InChI=1S/C19H25ClN6O/c1-3-4-10-26-18(20)16(15(2)23-26)6-7-17(27)24-11-13-25(14-12-24)19-21-8-5-9-22-19/h5-9H,3-4,10-14H2,1-2H3/b7-6-. The Balaban J connectivity index is 1.59. The first-order valence-corrected chi connectivity index (χ1v) is 9.69. The molecule has 27 heavy (non-hydrogen) atoms. The first-order chi connectivity index (χ1) is 13.1. The van der Waals surface area contributed by atoms with E-state index in [1.54, 1.807) is 30.6 Å². The summed E-state index contributed by atoms with van der Waals surface area (Å²) in [6, 6.07) is 1.80. The van der Waals surface area contributed by atoms with Crippen LogP contribution in [0.4, 0.5) is 5.95 Å². The molecule has 7 nitrogen and oxygen atoms in total. The van der Waals surface area contributed by atoms with Crippen molar-refractivity contribution in [2.24, 2.45) is 0 Å². The van der Waals surface area contributed by atoms with Gasteiger partial charge in [0, 0.05) is 56.8 Å². The quantitative estimate of drug-likeness (QED) is 0.712. The zero-order valence-corrected chi connectivity index (χ0v) is 16.6. The maximum Gasteiger partial charge on any atom is 0.246 e. The van der Waals surface area contributed by atoms with Gasteiger partial charge in [-0.25, -0.2) is 9.97 Å². The second-order valence-corrected chi connectivity index (χ2v) is 6.92. The number of aryl methyl sites for hydroxylation is 2. The van der Waals surface area contributed by atoms with Gasteiger partial charge >= 0.3 is 0 Å². The highest BCUT2D eigenvalue weighted by Gasteiger charge is 2.21. The van der Waals surface area contributed by atoms with Gasteiger partial charge in [0.15, 0.2) is 0 Å². The Kier molecular flexibility index (Phi) is 6.45. The molecular formula is C19H25ClN6O. The highest BCUT2D eigenvalue weighted by molar-refractivity contribution is 6.31. The molecule has 1 aliphatic rings. The summed E-state index contributed by atoms with van der Waals surface area (Å²) in [5.41, 5.74) is 1.66. The van der Waals surface area contributed by atoms with Crippen LogP contribution < -0.4 is 4.90 Å². The first-order valence-electron chi connectivity index (χ1n) is 9.32. The molecule has 8 heteroatoms. The van der Waals surface area contributed by atoms with Gasteiger partial charge in [0.1, 0.15) is 5.15 Å². The summed E-state index contributed by atoms with van der Waals surface area (Å²) >= 11 is 6.43. The van der Waals surface area contributed by atoms with Crippen LogP contribution >= 0.6 is 11.6 Å². The molecular weight excluding hydrogens is 364 g/mol. The van der Waals surface area contributed by atoms with Crippen LogP contribution in [0.5, 0.6) is 0 Å². The topological polar surface area (TPSA) is 67.2 Å². The summed E-state index contributed by atoms with van der Waals surface area (Å²) < 4.78 is 1.81. The fourth-order valence-electron chi connectivity index (χ4n) is 3.05. The fourth-order valence-corrected chi connectivity index (χ4v) is 3.38. The molecule has 0 aromatic carbocycles. The van der Waals surface area contributed by atoms with Crippen LogP contribution in [0.3, 0.4) is 0 Å². The van der Waals surface area contributed by atoms with Crippen molar-refractivity contribution in [1.29, 1.82) is 0 Å². The Labute approximate surface area is 164 Å². The zero-order chi connectivity index (χ0) is 19.2. The predicted octanol–water partition coefficient (Wildman–Crippen LogP) is 2.80. The second kappa shape index (κ2) is 8.99. The molecule has 0 aliphatic carbocycles. The van der Waals surface area contributed by atoms with Crippen LogP contribution in [0.1, 0.15) is 31.0 Å².